The number of aromatic nitrogens is 1. The van der Waals surface area contributed by atoms with Crippen LogP contribution >= 0.6 is 11.8 Å². The summed E-state index contributed by atoms with van der Waals surface area (Å²) in [4.78, 5) is 25.0. The van der Waals surface area contributed by atoms with Crippen molar-refractivity contribution < 1.29 is 19.8 Å². The predicted octanol–water partition coefficient (Wildman–Crippen LogP) is 1.26. The van der Waals surface area contributed by atoms with Crippen LogP contribution in [0.25, 0.3) is 0 Å². The van der Waals surface area contributed by atoms with Crippen LogP contribution in [0.4, 0.5) is 0 Å². The summed E-state index contributed by atoms with van der Waals surface area (Å²) in [6.45, 7) is 1.73. The van der Waals surface area contributed by atoms with Gasteiger partial charge in [-0.3, -0.25) is 4.79 Å². The van der Waals surface area contributed by atoms with Crippen molar-refractivity contribution in [3.05, 3.63) is 23.4 Å². The minimum absolute atomic E-state index is 0.0428. The van der Waals surface area contributed by atoms with Crippen LogP contribution in [0.15, 0.2) is 17.3 Å². The Hall–Kier alpha value is -1.56. The Bertz CT molecular complexity index is 405. The smallest absolute Gasteiger partial charge is 0.338 e. The van der Waals surface area contributed by atoms with Crippen molar-refractivity contribution in [1.82, 2.24) is 4.98 Å². The number of aryl methyl sites for hydroxylation is 1. The zero-order chi connectivity index (χ0) is 11.4. The van der Waals surface area contributed by atoms with Gasteiger partial charge in [0.05, 0.1) is 11.3 Å². The topological polar surface area (TPSA) is 87.5 Å². The number of hydrogen-bond acceptors (Lipinski definition) is 4. The molecule has 2 N–H and O–H groups in total. The van der Waals surface area contributed by atoms with Crippen LogP contribution in [-0.2, 0) is 4.79 Å². The van der Waals surface area contributed by atoms with E-state index in [-0.39, 0.29) is 16.3 Å². The first kappa shape index (κ1) is 11.5. The summed E-state index contributed by atoms with van der Waals surface area (Å²) in [6, 6.07) is 1.47. The van der Waals surface area contributed by atoms with Crippen molar-refractivity contribution in [2.24, 2.45) is 0 Å². The molecule has 0 bridgehead atoms. The Morgan fingerprint density at radius 1 is 1.47 bits per heavy atom. The summed E-state index contributed by atoms with van der Waals surface area (Å²) in [5, 5.41) is 17.5. The van der Waals surface area contributed by atoms with Crippen molar-refractivity contribution in [3.8, 4) is 0 Å². The maximum absolute atomic E-state index is 10.8. The van der Waals surface area contributed by atoms with Crippen LogP contribution in [0.2, 0.25) is 0 Å². The highest BCUT2D eigenvalue weighted by atomic mass is 32.2. The van der Waals surface area contributed by atoms with Gasteiger partial charge < -0.3 is 10.2 Å². The third kappa shape index (κ3) is 3.25. The summed E-state index contributed by atoms with van der Waals surface area (Å²) < 4.78 is 0. The summed E-state index contributed by atoms with van der Waals surface area (Å²) in [5.74, 6) is -2.30. The van der Waals surface area contributed by atoms with Crippen LogP contribution < -0.4 is 0 Å². The first-order chi connectivity index (χ1) is 7.00. The fourth-order valence-corrected chi connectivity index (χ4v) is 1.64. The van der Waals surface area contributed by atoms with Crippen molar-refractivity contribution in [2.45, 2.75) is 11.9 Å². The molecule has 1 aromatic rings. The quantitative estimate of drug-likeness (QED) is 0.753. The summed E-state index contributed by atoms with van der Waals surface area (Å²) in [5.41, 5.74) is 0.772. The fraction of sp³-hybridized carbons (Fsp3) is 0.222. The second-order valence-electron chi connectivity index (χ2n) is 2.85. The molecule has 1 heterocycles. The number of aliphatic carboxylic acids is 1. The first-order valence-electron chi connectivity index (χ1n) is 4.05. The molecule has 0 fully saturated rings. The monoisotopic (exact) mass is 227 g/mol. The zero-order valence-corrected chi connectivity index (χ0v) is 8.74. The van der Waals surface area contributed by atoms with Crippen LogP contribution in [-0.4, -0.2) is 32.9 Å². The fourth-order valence-electron chi connectivity index (χ4n) is 0.955. The molecule has 0 aromatic carbocycles. The third-order valence-electron chi connectivity index (χ3n) is 1.55. The van der Waals surface area contributed by atoms with Crippen LogP contribution in [0.5, 0.6) is 0 Å². The number of carboxylic acid groups (broad SMARTS) is 2. The molecule has 0 amide bonds. The highest BCUT2D eigenvalue weighted by molar-refractivity contribution is 7.99. The van der Waals surface area contributed by atoms with Gasteiger partial charge in [0, 0.05) is 6.20 Å². The largest absolute Gasteiger partial charge is 0.481 e. The number of pyridine rings is 1. The Morgan fingerprint density at radius 3 is 2.67 bits per heavy atom. The Balaban J connectivity index is 2.95. The molecular formula is C9H9NO4S. The van der Waals surface area contributed by atoms with E-state index in [0.29, 0.717) is 0 Å². The van der Waals surface area contributed by atoms with Crippen molar-refractivity contribution in [3.63, 3.8) is 0 Å². The molecule has 0 saturated heterocycles. The molecule has 1 rings (SSSR count). The number of carboxylic acids is 2. The van der Waals surface area contributed by atoms with Crippen LogP contribution in [0.3, 0.4) is 0 Å². The SMILES string of the molecule is Cc1cnc(SCC(=O)O)c(C(=O)O)c1. The second kappa shape index (κ2) is 4.79. The lowest BCUT2D eigenvalue weighted by molar-refractivity contribution is -0.133. The van der Waals surface area contributed by atoms with Gasteiger partial charge in [-0.1, -0.05) is 11.8 Å². The molecule has 0 saturated carbocycles. The molecule has 0 radical (unpaired) electrons. The van der Waals surface area contributed by atoms with Gasteiger partial charge in [-0.15, -0.1) is 0 Å². The molecule has 0 aliphatic heterocycles. The molecule has 15 heavy (non-hydrogen) atoms. The lowest BCUT2D eigenvalue weighted by Gasteiger charge is -2.03. The lowest BCUT2D eigenvalue weighted by atomic mass is 10.2. The first-order valence-corrected chi connectivity index (χ1v) is 5.04. The van der Waals surface area contributed by atoms with E-state index in [4.69, 9.17) is 10.2 Å². The van der Waals surface area contributed by atoms with E-state index in [1.54, 1.807) is 6.92 Å². The Kier molecular flexibility index (Phi) is 3.68. The second-order valence-corrected chi connectivity index (χ2v) is 3.82. The van der Waals surface area contributed by atoms with Crippen LogP contribution in [0, 0.1) is 6.92 Å². The minimum atomic E-state index is -1.10. The average molecular weight is 227 g/mol. The molecule has 6 heteroatoms. The summed E-state index contributed by atoms with van der Waals surface area (Å²) in [6.07, 6.45) is 1.51. The molecule has 0 aliphatic rings. The molecule has 0 atom stereocenters. The highest BCUT2D eigenvalue weighted by Crippen LogP contribution is 2.20. The molecule has 80 valence electrons. The molecule has 5 nitrogen and oxygen atoms in total. The van der Waals surface area contributed by atoms with Gasteiger partial charge in [-0.25, -0.2) is 9.78 Å². The van der Waals surface area contributed by atoms with E-state index < -0.39 is 11.9 Å². The number of rotatable bonds is 4. The highest BCUT2D eigenvalue weighted by Gasteiger charge is 2.13. The van der Waals surface area contributed by atoms with Crippen molar-refractivity contribution in [2.75, 3.05) is 5.75 Å². The van der Waals surface area contributed by atoms with E-state index in [1.165, 1.54) is 12.3 Å². The van der Waals surface area contributed by atoms with E-state index >= 15 is 0 Å². The van der Waals surface area contributed by atoms with E-state index in [0.717, 1.165) is 17.3 Å². The van der Waals surface area contributed by atoms with Gasteiger partial charge in [-0.2, -0.15) is 0 Å². The number of nitrogens with zero attached hydrogens (tertiary/aromatic N) is 1. The number of hydrogen-bond donors (Lipinski definition) is 2. The van der Waals surface area contributed by atoms with Gasteiger partial charge in [-0.05, 0) is 18.6 Å². The maximum atomic E-state index is 10.8. The summed E-state index contributed by atoms with van der Waals surface area (Å²) in [7, 11) is 0. The molecule has 0 unspecified atom stereocenters. The van der Waals surface area contributed by atoms with Crippen LogP contribution in [0.1, 0.15) is 15.9 Å². The Morgan fingerprint density at radius 2 is 2.13 bits per heavy atom. The number of aromatic carboxylic acids is 1. The minimum Gasteiger partial charge on any atom is -0.481 e. The number of carbonyl (C=O) groups is 2. The van der Waals surface area contributed by atoms with Gasteiger partial charge in [0.25, 0.3) is 0 Å². The van der Waals surface area contributed by atoms with Gasteiger partial charge in [0.2, 0.25) is 0 Å². The van der Waals surface area contributed by atoms with Gasteiger partial charge in [0.1, 0.15) is 5.03 Å². The maximum Gasteiger partial charge on any atom is 0.338 e. The van der Waals surface area contributed by atoms with Gasteiger partial charge >= 0.3 is 11.9 Å². The normalized spacial score (nSPS) is 9.93. The van der Waals surface area contributed by atoms with Crippen molar-refractivity contribution in [1.29, 1.82) is 0 Å². The van der Waals surface area contributed by atoms with E-state index in [2.05, 4.69) is 4.98 Å². The van der Waals surface area contributed by atoms with Crippen molar-refractivity contribution >= 4 is 23.7 Å². The average Bonchev–Trinajstić information content (AvgIpc) is 2.15. The molecular weight excluding hydrogens is 218 g/mol. The lowest BCUT2D eigenvalue weighted by Crippen LogP contribution is -2.04. The van der Waals surface area contributed by atoms with E-state index in [9.17, 15) is 9.59 Å². The Labute approximate surface area is 90.1 Å². The summed E-state index contributed by atoms with van der Waals surface area (Å²) >= 11 is 0.901. The standard InChI is InChI=1S/C9H9NO4S/c1-5-2-6(9(13)14)8(10-3-5)15-4-7(11)12/h2-3H,4H2,1H3,(H,11,12)(H,13,14). The predicted molar refractivity (Wildman–Crippen MR) is 54.3 cm³/mol. The van der Waals surface area contributed by atoms with Gasteiger partial charge in [0.15, 0.2) is 0 Å². The zero-order valence-electron chi connectivity index (χ0n) is 7.93. The third-order valence-corrected chi connectivity index (χ3v) is 2.54. The molecule has 0 spiro atoms. The number of thioether (sulfide) groups is 1. The molecule has 1 aromatic heterocycles. The molecule has 0 aliphatic carbocycles. The van der Waals surface area contributed by atoms with E-state index in [1.807, 2.05) is 0 Å².